The fraction of sp³-hybridized carbons (Fsp3) is 0.385. The third kappa shape index (κ3) is 1.95. The molecular weight excluding hydrogens is 236 g/mol. The van der Waals surface area contributed by atoms with Gasteiger partial charge in [0, 0.05) is 5.92 Å². The van der Waals surface area contributed by atoms with Crippen LogP contribution in [0.2, 0.25) is 0 Å². The average molecular weight is 249 g/mol. The molecule has 17 heavy (non-hydrogen) atoms. The molecule has 3 rings (SSSR count). The molecule has 0 spiro atoms. The summed E-state index contributed by atoms with van der Waals surface area (Å²) in [5.74, 6) is 1.63. The Hall–Kier alpha value is -1.35. The summed E-state index contributed by atoms with van der Waals surface area (Å²) in [4.78, 5) is 4.37. The molecule has 3 nitrogen and oxygen atoms in total. The topological polar surface area (TPSA) is 38.9 Å². The van der Waals surface area contributed by atoms with Crippen molar-refractivity contribution in [1.82, 2.24) is 10.1 Å². The summed E-state index contributed by atoms with van der Waals surface area (Å²) in [5, 5.41) is 3.81. The molecule has 1 aromatic heterocycles. The van der Waals surface area contributed by atoms with Crippen LogP contribution >= 0.6 is 11.6 Å². The highest BCUT2D eigenvalue weighted by Gasteiger charge is 2.27. The third-order valence-electron chi connectivity index (χ3n) is 3.21. The standard InChI is InChI=1S/C13H13ClN2O/c1-8(14)13-15-12(16-17-13)11-6-9-4-2-3-5-10(9)7-11/h2-5,8,11H,6-7H2,1H3. The minimum atomic E-state index is -0.222. The normalized spacial score (nSPS) is 17.1. The monoisotopic (exact) mass is 248 g/mol. The van der Waals surface area contributed by atoms with E-state index in [2.05, 4.69) is 34.4 Å². The predicted molar refractivity (Wildman–Crippen MR) is 65.2 cm³/mol. The number of hydrogen-bond acceptors (Lipinski definition) is 3. The molecule has 0 radical (unpaired) electrons. The molecule has 0 saturated heterocycles. The van der Waals surface area contributed by atoms with Gasteiger partial charge in [0.15, 0.2) is 5.82 Å². The van der Waals surface area contributed by atoms with E-state index in [0.29, 0.717) is 11.8 Å². The van der Waals surface area contributed by atoms with Crippen molar-refractivity contribution >= 4 is 11.6 Å². The van der Waals surface area contributed by atoms with Gasteiger partial charge in [0.25, 0.3) is 0 Å². The Morgan fingerprint density at radius 3 is 2.47 bits per heavy atom. The molecule has 1 atom stereocenters. The molecule has 0 N–H and O–H groups in total. The zero-order valence-electron chi connectivity index (χ0n) is 9.56. The molecular formula is C13H13ClN2O. The zero-order chi connectivity index (χ0) is 11.8. The summed E-state index contributed by atoms with van der Waals surface area (Å²) in [5.41, 5.74) is 2.78. The highest BCUT2D eigenvalue weighted by atomic mass is 35.5. The van der Waals surface area contributed by atoms with Gasteiger partial charge in [-0.15, -0.1) is 11.6 Å². The maximum absolute atomic E-state index is 5.92. The van der Waals surface area contributed by atoms with Crippen LogP contribution < -0.4 is 0 Å². The molecule has 1 heterocycles. The molecule has 1 aromatic carbocycles. The first-order chi connectivity index (χ1) is 8.24. The molecule has 0 bridgehead atoms. The van der Waals surface area contributed by atoms with Crippen LogP contribution in [0.4, 0.5) is 0 Å². The Morgan fingerprint density at radius 2 is 1.94 bits per heavy atom. The van der Waals surface area contributed by atoms with E-state index < -0.39 is 0 Å². The first-order valence-electron chi connectivity index (χ1n) is 5.78. The molecule has 1 aliphatic carbocycles. The highest BCUT2D eigenvalue weighted by Crippen LogP contribution is 2.33. The summed E-state index contributed by atoms with van der Waals surface area (Å²) in [6.07, 6.45) is 1.98. The van der Waals surface area contributed by atoms with Crippen LogP contribution in [0.1, 0.15) is 41.1 Å². The number of benzene rings is 1. The largest absolute Gasteiger partial charge is 0.338 e. The summed E-state index contributed by atoms with van der Waals surface area (Å²) in [7, 11) is 0. The van der Waals surface area contributed by atoms with Crippen molar-refractivity contribution in [3.8, 4) is 0 Å². The number of nitrogens with zero attached hydrogens (tertiary/aromatic N) is 2. The van der Waals surface area contributed by atoms with E-state index in [1.165, 1.54) is 11.1 Å². The van der Waals surface area contributed by atoms with E-state index in [1.807, 2.05) is 6.92 Å². The lowest BCUT2D eigenvalue weighted by Crippen LogP contribution is -2.00. The summed E-state index contributed by atoms with van der Waals surface area (Å²) in [6.45, 7) is 1.84. The van der Waals surface area contributed by atoms with Gasteiger partial charge in [-0.2, -0.15) is 4.98 Å². The smallest absolute Gasteiger partial charge is 0.244 e. The van der Waals surface area contributed by atoms with Gasteiger partial charge < -0.3 is 4.52 Å². The quantitative estimate of drug-likeness (QED) is 0.766. The number of aromatic nitrogens is 2. The lowest BCUT2D eigenvalue weighted by Gasteiger charge is -2.00. The van der Waals surface area contributed by atoms with Crippen molar-refractivity contribution in [1.29, 1.82) is 0 Å². The van der Waals surface area contributed by atoms with E-state index in [4.69, 9.17) is 16.1 Å². The number of hydrogen-bond donors (Lipinski definition) is 0. The summed E-state index contributed by atoms with van der Waals surface area (Å²) >= 11 is 5.92. The van der Waals surface area contributed by atoms with Gasteiger partial charge in [0.1, 0.15) is 5.38 Å². The molecule has 4 heteroatoms. The van der Waals surface area contributed by atoms with E-state index in [0.717, 1.165) is 18.7 Å². The Balaban J connectivity index is 1.84. The third-order valence-corrected chi connectivity index (χ3v) is 3.40. The first-order valence-corrected chi connectivity index (χ1v) is 6.22. The maximum atomic E-state index is 5.92. The van der Waals surface area contributed by atoms with Crippen molar-refractivity contribution in [3.05, 3.63) is 47.1 Å². The van der Waals surface area contributed by atoms with E-state index in [1.54, 1.807) is 0 Å². The predicted octanol–water partition coefficient (Wildman–Crippen LogP) is 3.25. The maximum Gasteiger partial charge on any atom is 0.244 e. The van der Waals surface area contributed by atoms with Crippen LogP contribution in [0.15, 0.2) is 28.8 Å². The van der Waals surface area contributed by atoms with Gasteiger partial charge in [-0.05, 0) is 30.9 Å². The fourth-order valence-corrected chi connectivity index (χ4v) is 2.40. The van der Waals surface area contributed by atoms with E-state index in [9.17, 15) is 0 Å². The van der Waals surface area contributed by atoms with Crippen molar-refractivity contribution < 1.29 is 4.52 Å². The Morgan fingerprint density at radius 1 is 1.29 bits per heavy atom. The van der Waals surface area contributed by atoms with E-state index >= 15 is 0 Å². The fourth-order valence-electron chi connectivity index (χ4n) is 2.32. The van der Waals surface area contributed by atoms with Crippen LogP contribution in [-0.4, -0.2) is 10.1 Å². The highest BCUT2D eigenvalue weighted by molar-refractivity contribution is 6.20. The second-order valence-electron chi connectivity index (χ2n) is 4.48. The zero-order valence-corrected chi connectivity index (χ0v) is 10.3. The Bertz CT molecular complexity index is 511. The second kappa shape index (κ2) is 4.15. The van der Waals surface area contributed by atoms with Gasteiger partial charge in [0.2, 0.25) is 5.89 Å². The molecule has 1 aliphatic rings. The lowest BCUT2D eigenvalue weighted by molar-refractivity contribution is 0.370. The first kappa shape index (κ1) is 10.8. The van der Waals surface area contributed by atoms with Gasteiger partial charge >= 0.3 is 0 Å². The molecule has 0 saturated carbocycles. The minimum absolute atomic E-state index is 0.222. The Kier molecular flexibility index (Phi) is 2.63. The molecule has 0 fully saturated rings. The van der Waals surface area contributed by atoms with Gasteiger partial charge in [-0.1, -0.05) is 29.4 Å². The SMILES string of the molecule is CC(Cl)c1nc(C2Cc3ccccc3C2)no1. The molecule has 0 amide bonds. The van der Waals surface area contributed by atoms with Crippen molar-refractivity contribution in [2.24, 2.45) is 0 Å². The second-order valence-corrected chi connectivity index (χ2v) is 5.14. The molecule has 0 aliphatic heterocycles. The van der Waals surface area contributed by atoms with Gasteiger partial charge in [0.05, 0.1) is 0 Å². The molecule has 2 aromatic rings. The van der Waals surface area contributed by atoms with Gasteiger partial charge in [-0.3, -0.25) is 0 Å². The van der Waals surface area contributed by atoms with Crippen molar-refractivity contribution in [2.75, 3.05) is 0 Å². The number of rotatable bonds is 2. The Labute approximate surface area is 105 Å². The minimum Gasteiger partial charge on any atom is -0.338 e. The summed E-state index contributed by atoms with van der Waals surface area (Å²) in [6, 6.07) is 8.48. The van der Waals surface area contributed by atoms with Crippen LogP contribution in [0.3, 0.4) is 0 Å². The number of fused-ring (bicyclic) bond motifs is 1. The molecule has 1 unspecified atom stereocenters. The van der Waals surface area contributed by atoms with Crippen molar-refractivity contribution in [2.45, 2.75) is 31.1 Å². The van der Waals surface area contributed by atoms with Crippen LogP contribution in [-0.2, 0) is 12.8 Å². The average Bonchev–Trinajstić information content (AvgIpc) is 2.95. The van der Waals surface area contributed by atoms with E-state index in [-0.39, 0.29) is 5.38 Å². The van der Waals surface area contributed by atoms with Crippen LogP contribution in [0.25, 0.3) is 0 Å². The lowest BCUT2D eigenvalue weighted by atomic mass is 10.1. The van der Waals surface area contributed by atoms with Crippen LogP contribution in [0, 0.1) is 0 Å². The number of halogens is 1. The molecule has 88 valence electrons. The van der Waals surface area contributed by atoms with Gasteiger partial charge in [-0.25, -0.2) is 0 Å². The summed E-state index contributed by atoms with van der Waals surface area (Å²) < 4.78 is 5.14. The van der Waals surface area contributed by atoms with Crippen LogP contribution in [0.5, 0.6) is 0 Å². The number of alkyl halides is 1. The van der Waals surface area contributed by atoms with Crippen molar-refractivity contribution in [3.63, 3.8) is 0 Å².